The predicted octanol–water partition coefficient (Wildman–Crippen LogP) is 3.39. The number of phenolic OH excluding ortho intramolecular Hbond substituents is 1. The first-order valence-electron chi connectivity index (χ1n) is 12.3. The third kappa shape index (κ3) is 2.02. The van der Waals surface area contributed by atoms with Crippen LogP contribution in [0, 0.1) is 17.3 Å². The van der Waals surface area contributed by atoms with Gasteiger partial charge in [0.05, 0.1) is 5.60 Å². The highest BCUT2D eigenvalue weighted by Gasteiger charge is 2.81. The zero-order valence-corrected chi connectivity index (χ0v) is 19.0. The number of rotatable bonds is 4. The van der Waals surface area contributed by atoms with Crippen LogP contribution in [0.25, 0.3) is 0 Å². The van der Waals surface area contributed by atoms with Crippen molar-refractivity contribution < 1.29 is 19.7 Å². The highest BCUT2D eigenvalue weighted by atomic mass is 16.6. The summed E-state index contributed by atoms with van der Waals surface area (Å²) in [7, 11) is 1.81. The summed E-state index contributed by atoms with van der Waals surface area (Å²) in [5.41, 5.74) is 1.24. The van der Waals surface area contributed by atoms with Crippen molar-refractivity contribution in [3.05, 3.63) is 23.3 Å². The van der Waals surface area contributed by atoms with Crippen LogP contribution in [0.2, 0.25) is 0 Å². The van der Waals surface area contributed by atoms with Crippen molar-refractivity contribution in [1.29, 1.82) is 0 Å². The molecule has 1 aromatic rings. The number of piperidine rings is 1. The number of likely N-dealkylation sites (tertiary alicyclic amines) is 1. The van der Waals surface area contributed by atoms with Crippen LogP contribution < -0.4 is 4.74 Å². The van der Waals surface area contributed by atoms with Crippen LogP contribution in [0.5, 0.6) is 11.5 Å². The van der Waals surface area contributed by atoms with E-state index in [1.165, 1.54) is 30.5 Å². The van der Waals surface area contributed by atoms with Crippen LogP contribution >= 0.6 is 0 Å². The Bertz CT molecular complexity index is 967. The predicted molar refractivity (Wildman–Crippen MR) is 116 cm³/mol. The van der Waals surface area contributed by atoms with E-state index in [1.54, 1.807) is 0 Å². The maximum Gasteiger partial charge on any atom is 0.165 e. The molecule has 5 heteroatoms. The second-order valence-electron chi connectivity index (χ2n) is 12.1. The largest absolute Gasteiger partial charge is 0.504 e. The lowest BCUT2D eigenvalue weighted by atomic mass is 9.34. The van der Waals surface area contributed by atoms with Crippen molar-refractivity contribution in [3.63, 3.8) is 0 Å². The summed E-state index contributed by atoms with van der Waals surface area (Å²) in [6.07, 6.45) is 7.72. The molecule has 168 valence electrons. The molecule has 1 saturated heterocycles. The van der Waals surface area contributed by atoms with E-state index in [1.807, 2.05) is 27.0 Å². The molecule has 31 heavy (non-hydrogen) atoms. The minimum Gasteiger partial charge on any atom is -0.504 e. The number of phenols is 1. The molecule has 0 aromatic heterocycles. The number of aliphatic hydroxyl groups is 1. The zero-order valence-electron chi connectivity index (χ0n) is 19.0. The molecule has 5 nitrogen and oxygen atoms in total. The fourth-order valence-electron chi connectivity index (χ4n) is 9.23. The molecule has 2 aliphatic heterocycles. The fraction of sp³-hybridized carbons (Fsp3) is 0.769. The average molecular weight is 426 g/mol. The summed E-state index contributed by atoms with van der Waals surface area (Å²) in [4.78, 5) is 2.81. The van der Waals surface area contributed by atoms with Gasteiger partial charge in [0.25, 0.3) is 0 Å². The number of hydrogen-bond donors (Lipinski definition) is 2. The highest BCUT2D eigenvalue weighted by molar-refractivity contribution is 5.63. The molecule has 2 N–H and O–H groups in total. The van der Waals surface area contributed by atoms with Gasteiger partial charge in [-0.1, -0.05) is 6.07 Å². The Kier molecular flexibility index (Phi) is 3.47. The zero-order chi connectivity index (χ0) is 21.4. The van der Waals surface area contributed by atoms with E-state index in [4.69, 9.17) is 9.47 Å². The minimum absolute atomic E-state index is 0.0123. The van der Waals surface area contributed by atoms with Crippen LogP contribution in [0.15, 0.2) is 12.1 Å². The van der Waals surface area contributed by atoms with Crippen LogP contribution in [0.4, 0.5) is 0 Å². The molecule has 4 bridgehead atoms. The van der Waals surface area contributed by atoms with Gasteiger partial charge < -0.3 is 19.7 Å². The number of benzene rings is 1. The number of fused-ring (bicyclic) bond motifs is 2. The van der Waals surface area contributed by atoms with E-state index in [-0.39, 0.29) is 28.6 Å². The van der Waals surface area contributed by atoms with Crippen molar-refractivity contribution >= 4 is 0 Å². The third-order valence-corrected chi connectivity index (χ3v) is 10.5. The molecule has 2 heterocycles. The van der Waals surface area contributed by atoms with Crippen LogP contribution in [-0.4, -0.2) is 58.7 Å². The number of nitrogens with zero attached hydrogens (tertiary/aromatic N) is 1. The van der Waals surface area contributed by atoms with E-state index in [2.05, 4.69) is 11.0 Å². The van der Waals surface area contributed by atoms with Gasteiger partial charge in [0, 0.05) is 42.0 Å². The van der Waals surface area contributed by atoms with Crippen LogP contribution in [0.3, 0.4) is 0 Å². The van der Waals surface area contributed by atoms with E-state index in [0.717, 1.165) is 44.6 Å². The Hall–Kier alpha value is -1.30. The maximum absolute atomic E-state index is 11.4. The molecule has 0 radical (unpaired) electrons. The smallest absolute Gasteiger partial charge is 0.165 e. The van der Waals surface area contributed by atoms with Gasteiger partial charge in [0.15, 0.2) is 11.5 Å². The summed E-state index contributed by atoms with van der Waals surface area (Å²) >= 11 is 0. The quantitative estimate of drug-likeness (QED) is 0.774. The molecule has 1 aromatic carbocycles. The molecule has 4 saturated carbocycles. The Balaban J connectivity index is 1.49. The standard InChI is InChI=1S/C26H35NO4/c1-23(2,29)18-13-24-8-9-26(18,30-3)22-25(24)10-11-27(14-15-4-5-15)19(24)12-16-6-7-17(28)21(31-22)20(16)25/h6-7,15,18-19,22,28-29H,4-5,8-14H2,1-3H3/t18-,19-,22-,24-,25+,26+/m1/s1. The molecule has 0 amide bonds. The number of hydrogen-bond acceptors (Lipinski definition) is 5. The molecule has 8 rings (SSSR count). The third-order valence-electron chi connectivity index (χ3n) is 10.5. The summed E-state index contributed by atoms with van der Waals surface area (Å²) in [6, 6.07) is 4.46. The topological polar surface area (TPSA) is 62.2 Å². The molecule has 5 aliphatic carbocycles. The maximum atomic E-state index is 11.4. The van der Waals surface area contributed by atoms with E-state index in [9.17, 15) is 10.2 Å². The minimum atomic E-state index is -0.846. The average Bonchev–Trinajstić information content (AvgIpc) is 3.47. The van der Waals surface area contributed by atoms with Crippen molar-refractivity contribution in [2.24, 2.45) is 17.3 Å². The van der Waals surface area contributed by atoms with Crippen molar-refractivity contribution in [1.82, 2.24) is 4.90 Å². The summed E-state index contributed by atoms with van der Waals surface area (Å²) in [5.74, 6) is 1.86. The Morgan fingerprint density at radius 2 is 2.03 bits per heavy atom. The van der Waals surface area contributed by atoms with Gasteiger partial charge in [-0.2, -0.15) is 0 Å². The van der Waals surface area contributed by atoms with Crippen molar-refractivity contribution in [2.45, 2.75) is 87.6 Å². The molecular weight excluding hydrogens is 390 g/mol. The van der Waals surface area contributed by atoms with Gasteiger partial charge >= 0.3 is 0 Å². The Labute approximate surface area is 184 Å². The first-order chi connectivity index (χ1) is 14.8. The van der Waals surface area contributed by atoms with Gasteiger partial charge in [0.1, 0.15) is 11.7 Å². The lowest BCUT2D eigenvalue weighted by Gasteiger charge is -2.75. The lowest BCUT2D eigenvalue weighted by Crippen LogP contribution is -2.82. The molecular formula is C26H35NO4. The molecule has 0 unspecified atom stereocenters. The Morgan fingerprint density at radius 3 is 2.74 bits per heavy atom. The molecule has 5 fully saturated rings. The molecule has 6 atom stereocenters. The van der Waals surface area contributed by atoms with Crippen LogP contribution in [0.1, 0.15) is 63.5 Å². The van der Waals surface area contributed by atoms with E-state index in [0.29, 0.717) is 11.8 Å². The van der Waals surface area contributed by atoms with Gasteiger partial charge in [-0.15, -0.1) is 0 Å². The van der Waals surface area contributed by atoms with Gasteiger partial charge in [-0.3, -0.25) is 4.90 Å². The molecule has 7 aliphatic rings. The van der Waals surface area contributed by atoms with E-state index >= 15 is 0 Å². The van der Waals surface area contributed by atoms with Crippen molar-refractivity contribution in [3.8, 4) is 11.5 Å². The van der Waals surface area contributed by atoms with Gasteiger partial charge in [-0.25, -0.2) is 0 Å². The highest BCUT2D eigenvalue weighted by Crippen LogP contribution is 2.77. The summed E-state index contributed by atoms with van der Waals surface area (Å²) < 4.78 is 13.2. The van der Waals surface area contributed by atoms with E-state index < -0.39 is 11.2 Å². The van der Waals surface area contributed by atoms with Crippen LogP contribution in [-0.2, 0) is 16.6 Å². The SMILES string of the molecule is CO[C@@]12CC[C@@]3(C[C@@H]1C(C)(C)O)[C@H]1Cc4ccc(O)c5c4[C@@]3(CCN1CC1CC1)[C@H]2O5. The monoisotopic (exact) mass is 425 g/mol. The van der Waals surface area contributed by atoms with Crippen molar-refractivity contribution in [2.75, 3.05) is 20.2 Å². The number of aromatic hydroxyl groups is 1. The van der Waals surface area contributed by atoms with Gasteiger partial charge in [0.2, 0.25) is 0 Å². The normalized spacial score (nSPS) is 44.8. The molecule has 2 spiro atoms. The fourth-order valence-corrected chi connectivity index (χ4v) is 9.23. The Morgan fingerprint density at radius 1 is 1.23 bits per heavy atom. The summed E-state index contributed by atoms with van der Waals surface area (Å²) in [6.45, 7) is 6.23. The summed E-state index contributed by atoms with van der Waals surface area (Å²) in [5, 5.41) is 22.2. The first-order valence-corrected chi connectivity index (χ1v) is 12.3. The number of ether oxygens (including phenoxy) is 2. The van der Waals surface area contributed by atoms with Gasteiger partial charge in [-0.05, 0) is 82.9 Å². The first kappa shape index (κ1) is 19.2. The second kappa shape index (κ2) is 5.60. The second-order valence-corrected chi connectivity index (χ2v) is 12.1. The number of methoxy groups -OCH3 is 1. The lowest BCUT2D eigenvalue weighted by molar-refractivity contribution is -0.300.